The minimum Gasteiger partial charge on any atom is -0.477 e. The zero-order valence-corrected chi connectivity index (χ0v) is 15.0. The molecule has 0 radical (unpaired) electrons. The van der Waals surface area contributed by atoms with E-state index in [0.29, 0.717) is 12.5 Å². The summed E-state index contributed by atoms with van der Waals surface area (Å²) >= 11 is 0. The number of aryl methyl sites for hydroxylation is 1. The molecule has 0 aliphatic heterocycles. The lowest BCUT2D eigenvalue weighted by molar-refractivity contribution is 0.302. The molecule has 3 atom stereocenters. The predicted octanol–water partition coefficient (Wildman–Crippen LogP) is 2.88. The number of nitrogens with zero attached hydrogens (tertiary/aromatic N) is 2. The van der Waals surface area contributed by atoms with Gasteiger partial charge in [0, 0.05) is 46.4 Å². The zero-order chi connectivity index (χ0) is 17.0. The number of hydrogen-bond acceptors (Lipinski definition) is 5. The lowest BCUT2D eigenvalue weighted by Gasteiger charge is -2.16. The van der Waals surface area contributed by atoms with E-state index in [1.807, 2.05) is 19.9 Å². The van der Waals surface area contributed by atoms with Crippen LogP contribution in [0.3, 0.4) is 0 Å². The summed E-state index contributed by atoms with van der Waals surface area (Å²) < 4.78 is 17.2. The van der Waals surface area contributed by atoms with Gasteiger partial charge in [0.05, 0.1) is 12.0 Å². The van der Waals surface area contributed by atoms with Crippen LogP contribution in [0, 0.1) is 6.92 Å². The van der Waals surface area contributed by atoms with E-state index in [0.717, 1.165) is 34.9 Å². The number of pyridine rings is 2. The van der Waals surface area contributed by atoms with Gasteiger partial charge in [-0.3, -0.25) is 9.19 Å². The van der Waals surface area contributed by atoms with Crippen LogP contribution in [0.5, 0.6) is 5.88 Å². The fourth-order valence-corrected chi connectivity index (χ4v) is 2.78. The molecule has 6 heteroatoms. The van der Waals surface area contributed by atoms with Crippen molar-refractivity contribution >= 4 is 21.6 Å². The van der Waals surface area contributed by atoms with Crippen molar-refractivity contribution in [1.29, 1.82) is 0 Å². The summed E-state index contributed by atoms with van der Waals surface area (Å²) in [6.07, 6.45) is 6.87. The number of rotatable bonds is 7. The standard InChI is InChI=1S/C17H25N3O2S/c1-5-16(18)14-9-20-17(22-7-6-12(3)23(4)21)15-10-19-11(2)8-13(14)15/h8-10,12,16H,5-7,18H2,1-4H3/t12?,16?,23-/m1/s1. The molecular weight excluding hydrogens is 310 g/mol. The van der Waals surface area contributed by atoms with Crippen LogP contribution in [0.15, 0.2) is 18.5 Å². The van der Waals surface area contributed by atoms with Crippen molar-refractivity contribution in [2.24, 2.45) is 5.73 Å². The Labute approximate surface area is 140 Å². The second-order valence-corrected chi connectivity index (χ2v) is 7.65. The molecule has 0 fully saturated rings. The summed E-state index contributed by atoms with van der Waals surface area (Å²) in [4.78, 5) is 8.79. The highest BCUT2D eigenvalue weighted by molar-refractivity contribution is 7.84. The molecule has 0 amide bonds. The van der Waals surface area contributed by atoms with Gasteiger partial charge < -0.3 is 10.5 Å². The highest BCUT2D eigenvalue weighted by Gasteiger charge is 2.14. The third kappa shape index (κ3) is 4.26. The first-order valence-corrected chi connectivity index (χ1v) is 9.52. The lowest BCUT2D eigenvalue weighted by atomic mass is 10.0. The fourth-order valence-electron chi connectivity index (χ4n) is 2.35. The van der Waals surface area contributed by atoms with Crippen molar-refractivity contribution in [3.63, 3.8) is 0 Å². The van der Waals surface area contributed by atoms with Crippen molar-refractivity contribution in [2.75, 3.05) is 12.9 Å². The first-order chi connectivity index (χ1) is 10.9. The number of ether oxygens (including phenoxy) is 1. The summed E-state index contributed by atoms with van der Waals surface area (Å²) in [6.45, 7) is 6.45. The maximum Gasteiger partial charge on any atom is 0.222 e. The molecule has 0 saturated carbocycles. The van der Waals surface area contributed by atoms with Crippen LogP contribution in [0.25, 0.3) is 10.8 Å². The van der Waals surface area contributed by atoms with E-state index in [-0.39, 0.29) is 11.3 Å². The quantitative estimate of drug-likeness (QED) is 0.842. The topological polar surface area (TPSA) is 78.1 Å². The Morgan fingerprint density at radius 1 is 1.30 bits per heavy atom. The smallest absolute Gasteiger partial charge is 0.222 e. The van der Waals surface area contributed by atoms with Crippen LogP contribution in [0.4, 0.5) is 0 Å². The number of hydrogen-bond donors (Lipinski definition) is 1. The van der Waals surface area contributed by atoms with Gasteiger partial charge in [-0.25, -0.2) is 4.98 Å². The van der Waals surface area contributed by atoms with Crippen molar-refractivity contribution in [3.8, 4) is 5.88 Å². The highest BCUT2D eigenvalue weighted by atomic mass is 32.2. The van der Waals surface area contributed by atoms with Crippen molar-refractivity contribution < 1.29 is 8.95 Å². The summed E-state index contributed by atoms with van der Waals surface area (Å²) in [5.74, 6) is 0.564. The Morgan fingerprint density at radius 3 is 2.70 bits per heavy atom. The molecule has 0 bridgehead atoms. The molecule has 0 spiro atoms. The van der Waals surface area contributed by atoms with E-state index in [1.54, 1.807) is 18.6 Å². The van der Waals surface area contributed by atoms with Crippen LogP contribution in [0.1, 0.15) is 44.0 Å². The number of nitrogens with two attached hydrogens (primary N) is 1. The van der Waals surface area contributed by atoms with Gasteiger partial charge >= 0.3 is 0 Å². The van der Waals surface area contributed by atoms with Gasteiger partial charge in [0.25, 0.3) is 0 Å². The molecule has 5 nitrogen and oxygen atoms in total. The molecule has 0 aliphatic rings. The third-order valence-electron chi connectivity index (χ3n) is 4.07. The van der Waals surface area contributed by atoms with Crippen LogP contribution in [-0.4, -0.2) is 32.3 Å². The molecule has 126 valence electrons. The van der Waals surface area contributed by atoms with E-state index < -0.39 is 10.8 Å². The second kappa shape index (κ2) is 7.84. The maximum absolute atomic E-state index is 11.4. The third-order valence-corrected chi connectivity index (χ3v) is 5.44. The van der Waals surface area contributed by atoms with E-state index in [2.05, 4.69) is 16.9 Å². The summed E-state index contributed by atoms with van der Waals surface area (Å²) in [5, 5.41) is 2.03. The SMILES string of the molecule is CCC(N)c1cnc(OCCC(C)[S@@](C)=O)c2cnc(C)cc12. The Balaban J connectivity index is 2.29. The molecule has 2 unspecified atom stereocenters. The summed E-state index contributed by atoms with van der Waals surface area (Å²) in [5.41, 5.74) is 8.15. The summed E-state index contributed by atoms with van der Waals surface area (Å²) in [6, 6.07) is 1.97. The van der Waals surface area contributed by atoms with Gasteiger partial charge in [0.2, 0.25) is 5.88 Å². The molecule has 2 aromatic heterocycles. The maximum atomic E-state index is 11.4. The fraction of sp³-hybridized carbons (Fsp3) is 0.529. The Bertz CT molecular complexity index is 706. The zero-order valence-electron chi connectivity index (χ0n) is 14.2. The first kappa shape index (κ1) is 17.8. The average molecular weight is 335 g/mol. The van der Waals surface area contributed by atoms with Gasteiger partial charge in [-0.2, -0.15) is 0 Å². The number of aromatic nitrogens is 2. The van der Waals surface area contributed by atoms with Gasteiger partial charge in [-0.15, -0.1) is 0 Å². The van der Waals surface area contributed by atoms with Crippen LogP contribution < -0.4 is 10.5 Å². The molecule has 23 heavy (non-hydrogen) atoms. The first-order valence-electron chi connectivity index (χ1n) is 7.89. The second-order valence-electron chi connectivity index (χ2n) is 5.85. The Hall–Kier alpha value is -1.53. The van der Waals surface area contributed by atoms with Crippen molar-refractivity contribution in [3.05, 3.63) is 29.7 Å². The van der Waals surface area contributed by atoms with Gasteiger partial charge in [-0.1, -0.05) is 13.8 Å². The van der Waals surface area contributed by atoms with Crippen LogP contribution in [0.2, 0.25) is 0 Å². The van der Waals surface area contributed by atoms with E-state index in [4.69, 9.17) is 10.5 Å². The molecule has 2 N–H and O–H groups in total. The van der Waals surface area contributed by atoms with Gasteiger partial charge in [0.1, 0.15) is 0 Å². The molecule has 0 aromatic carbocycles. The van der Waals surface area contributed by atoms with E-state index in [1.165, 1.54) is 0 Å². The monoisotopic (exact) mass is 335 g/mol. The normalized spacial score (nSPS) is 15.3. The molecule has 0 saturated heterocycles. The predicted molar refractivity (Wildman–Crippen MR) is 95.1 cm³/mol. The van der Waals surface area contributed by atoms with Crippen molar-refractivity contribution in [1.82, 2.24) is 9.97 Å². The van der Waals surface area contributed by atoms with E-state index in [9.17, 15) is 4.21 Å². The van der Waals surface area contributed by atoms with Gasteiger partial charge in [0.15, 0.2) is 0 Å². The van der Waals surface area contributed by atoms with Crippen LogP contribution in [-0.2, 0) is 10.8 Å². The Morgan fingerprint density at radius 2 is 2.04 bits per heavy atom. The number of fused-ring (bicyclic) bond motifs is 1. The minimum atomic E-state index is -0.839. The minimum absolute atomic E-state index is 0.0524. The molecule has 2 heterocycles. The van der Waals surface area contributed by atoms with Crippen LogP contribution >= 0.6 is 0 Å². The van der Waals surface area contributed by atoms with Crippen molar-refractivity contribution in [2.45, 2.75) is 44.9 Å². The highest BCUT2D eigenvalue weighted by Crippen LogP contribution is 2.30. The average Bonchev–Trinajstić information content (AvgIpc) is 2.53. The molecule has 2 rings (SSSR count). The Kier molecular flexibility index (Phi) is 6.07. The van der Waals surface area contributed by atoms with E-state index >= 15 is 0 Å². The lowest BCUT2D eigenvalue weighted by Crippen LogP contribution is -2.14. The molecule has 2 aromatic rings. The summed E-state index contributed by atoms with van der Waals surface area (Å²) in [7, 11) is -0.839. The molecule has 0 aliphatic carbocycles. The van der Waals surface area contributed by atoms with Gasteiger partial charge in [-0.05, 0) is 36.8 Å². The largest absolute Gasteiger partial charge is 0.477 e. The molecular formula is C17H25N3O2S.